The first kappa shape index (κ1) is 12.8. The molecule has 1 atom stereocenters. The Hall–Kier alpha value is -1.26. The summed E-state index contributed by atoms with van der Waals surface area (Å²) in [5, 5.41) is 12.1. The van der Waals surface area contributed by atoms with E-state index >= 15 is 0 Å². The number of hydrogen-bond donors (Lipinski definition) is 2. The van der Waals surface area contributed by atoms with Gasteiger partial charge in [0.25, 0.3) is 5.91 Å². The van der Waals surface area contributed by atoms with Gasteiger partial charge in [0.15, 0.2) is 0 Å². The highest BCUT2D eigenvalue weighted by Gasteiger charge is 2.10. The summed E-state index contributed by atoms with van der Waals surface area (Å²) in [6.45, 7) is 1.41. The molecule has 1 unspecified atom stereocenters. The highest BCUT2D eigenvalue weighted by Crippen LogP contribution is 2.27. The van der Waals surface area contributed by atoms with E-state index < -0.39 is 12.0 Å². The zero-order chi connectivity index (χ0) is 12.3. The monoisotopic (exact) mass is 242 g/mol. The lowest BCUT2D eigenvalue weighted by Crippen LogP contribution is -2.24. The number of aliphatic hydroxyl groups excluding tert-OH is 1. The van der Waals surface area contributed by atoms with Gasteiger partial charge in [-0.2, -0.15) is 0 Å². The Labute approximate surface area is 99.8 Å². The second-order valence-corrected chi connectivity index (χ2v) is 4.13. The minimum Gasteiger partial charge on any atom is -0.384 e. The van der Waals surface area contributed by atoms with Crippen LogP contribution in [0.4, 0.5) is 11.4 Å². The summed E-state index contributed by atoms with van der Waals surface area (Å²) in [6.07, 6.45) is -1.03. The average molecular weight is 243 g/mol. The van der Waals surface area contributed by atoms with Crippen molar-refractivity contribution in [3.8, 4) is 0 Å². The summed E-state index contributed by atoms with van der Waals surface area (Å²) in [5.74, 6) is -0.450. The molecule has 1 amide bonds. The minimum absolute atomic E-state index is 0.450. The number of nitrogens with one attached hydrogen (secondary N) is 1. The molecule has 0 bridgehead atoms. The van der Waals surface area contributed by atoms with Crippen LogP contribution in [0.5, 0.6) is 0 Å². The first-order chi connectivity index (χ1) is 7.41. The van der Waals surface area contributed by atoms with Crippen LogP contribution in [0.2, 0.25) is 5.02 Å². The smallest absolute Gasteiger partial charge is 0.252 e. The Morgan fingerprint density at radius 3 is 2.56 bits per heavy atom. The van der Waals surface area contributed by atoms with E-state index in [1.54, 1.807) is 18.2 Å². The molecular weight excluding hydrogens is 228 g/mol. The van der Waals surface area contributed by atoms with Gasteiger partial charge in [-0.3, -0.25) is 4.79 Å². The number of rotatable bonds is 3. The molecule has 0 aliphatic carbocycles. The number of hydrogen-bond acceptors (Lipinski definition) is 3. The van der Waals surface area contributed by atoms with Gasteiger partial charge in [0.05, 0.1) is 10.7 Å². The van der Waals surface area contributed by atoms with Gasteiger partial charge in [0, 0.05) is 19.8 Å². The molecule has 1 rings (SSSR count). The SMILES string of the molecule is CC(O)C(=O)Nc1ccc(N(C)C)c(Cl)c1. The normalized spacial score (nSPS) is 12.1. The van der Waals surface area contributed by atoms with Crippen LogP contribution in [-0.2, 0) is 4.79 Å². The Kier molecular flexibility index (Phi) is 4.15. The van der Waals surface area contributed by atoms with Crippen LogP contribution in [-0.4, -0.2) is 31.2 Å². The average Bonchev–Trinajstić information content (AvgIpc) is 2.16. The van der Waals surface area contributed by atoms with Gasteiger partial charge in [-0.1, -0.05) is 11.6 Å². The molecule has 0 aromatic heterocycles. The van der Waals surface area contributed by atoms with Crippen molar-refractivity contribution in [1.29, 1.82) is 0 Å². The molecule has 2 N–H and O–H groups in total. The van der Waals surface area contributed by atoms with Crippen LogP contribution in [0.25, 0.3) is 0 Å². The zero-order valence-corrected chi connectivity index (χ0v) is 10.2. The number of nitrogens with zero attached hydrogens (tertiary/aromatic N) is 1. The number of anilines is 2. The van der Waals surface area contributed by atoms with Gasteiger partial charge in [-0.15, -0.1) is 0 Å². The van der Waals surface area contributed by atoms with E-state index in [0.29, 0.717) is 10.7 Å². The largest absolute Gasteiger partial charge is 0.384 e. The van der Waals surface area contributed by atoms with Crippen LogP contribution in [0, 0.1) is 0 Å². The topological polar surface area (TPSA) is 52.6 Å². The number of amides is 1. The maximum absolute atomic E-state index is 11.2. The number of aliphatic hydroxyl groups is 1. The fourth-order valence-electron chi connectivity index (χ4n) is 1.19. The first-order valence-electron chi connectivity index (χ1n) is 4.87. The lowest BCUT2D eigenvalue weighted by Gasteiger charge is -2.15. The van der Waals surface area contributed by atoms with Crippen molar-refractivity contribution in [2.24, 2.45) is 0 Å². The van der Waals surface area contributed by atoms with E-state index in [2.05, 4.69) is 5.32 Å². The fourth-order valence-corrected chi connectivity index (χ4v) is 1.54. The Morgan fingerprint density at radius 2 is 2.12 bits per heavy atom. The summed E-state index contributed by atoms with van der Waals surface area (Å²) in [6, 6.07) is 5.19. The minimum atomic E-state index is -1.03. The third-order valence-corrected chi connectivity index (χ3v) is 2.38. The molecule has 0 aliphatic rings. The summed E-state index contributed by atoms with van der Waals surface area (Å²) < 4.78 is 0. The van der Waals surface area contributed by atoms with Crippen LogP contribution in [0.3, 0.4) is 0 Å². The Morgan fingerprint density at radius 1 is 1.50 bits per heavy atom. The predicted molar refractivity (Wildman–Crippen MR) is 66.1 cm³/mol. The third-order valence-electron chi connectivity index (χ3n) is 2.08. The molecule has 1 aromatic rings. The van der Waals surface area contributed by atoms with Crippen LogP contribution < -0.4 is 10.2 Å². The molecule has 0 aliphatic heterocycles. The molecule has 0 saturated carbocycles. The number of halogens is 1. The molecule has 1 aromatic carbocycles. The van der Waals surface area contributed by atoms with Gasteiger partial charge >= 0.3 is 0 Å². The molecule has 0 spiro atoms. The van der Waals surface area contributed by atoms with Crippen molar-refractivity contribution in [3.63, 3.8) is 0 Å². The van der Waals surface area contributed by atoms with Crippen molar-refractivity contribution < 1.29 is 9.90 Å². The van der Waals surface area contributed by atoms with Crippen molar-refractivity contribution in [3.05, 3.63) is 23.2 Å². The van der Waals surface area contributed by atoms with Gasteiger partial charge in [-0.25, -0.2) is 0 Å². The lowest BCUT2D eigenvalue weighted by molar-refractivity contribution is -0.123. The first-order valence-corrected chi connectivity index (χ1v) is 5.25. The van der Waals surface area contributed by atoms with E-state index in [1.165, 1.54) is 6.92 Å². The van der Waals surface area contributed by atoms with Crippen molar-refractivity contribution in [1.82, 2.24) is 0 Å². The second kappa shape index (κ2) is 5.18. The Balaban J connectivity index is 2.85. The van der Waals surface area contributed by atoms with E-state index in [0.717, 1.165) is 5.69 Å². The zero-order valence-electron chi connectivity index (χ0n) is 9.49. The molecule has 88 valence electrons. The summed E-state index contributed by atoms with van der Waals surface area (Å²) in [5.41, 5.74) is 1.44. The highest BCUT2D eigenvalue weighted by molar-refractivity contribution is 6.33. The number of carbonyl (C=O) groups excluding carboxylic acids is 1. The van der Waals surface area contributed by atoms with Crippen LogP contribution >= 0.6 is 11.6 Å². The van der Waals surface area contributed by atoms with Gasteiger partial charge in [0.1, 0.15) is 6.10 Å². The predicted octanol–water partition coefficient (Wildman–Crippen LogP) is 1.73. The van der Waals surface area contributed by atoms with Gasteiger partial charge in [0.2, 0.25) is 0 Å². The van der Waals surface area contributed by atoms with Crippen molar-refractivity contribution in [2.75, 3.05) is 24.3 Å². The molecule has 16 heavy (non-hydrogen) atoms. The van der Waals surface area contributed by atoms with Crippen LogP contribution in [0.15, 0.2) is 18.2 Å². The molecule has 0 saturated heterocycles. The van der Waals surface area contributed by atoms with Gasteiger partial charge < -0.3 is 15.3 Å². The van der Waals surface area contributed by atoms with E-state index in [9.17, 15) is 4.79 Å². The number of carbonyl (C=O) groups is 1. The van der Waals surface area contributed by atoms with Crippen LogP contribution in [0.1, 0.15) is 6.92 Å². The van der Waals surface area contributed by atoms with E-state index in [4.69, 9.17) is 16.7 Å². The number of benzene rings is 1. The highest BCUT2D eigenvalue weighted by atomic mass is 35.5. The molecule has 0 heterocycles. The van der Waals surface area contributed by atoms with Gasteiger partial charge in [-0.05, 0) is 25.1 Å². The second-order valence-electron chi connectivity index (χ2n) is 3.73. The van der Waals surface area contributed by atoms with Crippen molar-refractivity contribution >= 4 is 28.9 Å². The quantitative estimate of drug-likeness (QED) is 0.849. The standard InChI is InChI=1S/C11H15ClN2O2/c1-7(15)11(16)13-8-4-5-10(14(2)3)9(12)6-8/h4-7,15H,1-3H3,(H,13,16). The van der Waals surface area contributed by atoms with E-state index in [-0.39, 0.29) is 0 Å². The summed E-state index contributed by atoms with van der Waals surface area (Å²) in [4.78, 5) is 13.1. The maximum atomic E-state index is 11.2. The third kappa shape index (κ3) is 3.12. The molecule has 0 fully saturated rings. The summed E-state index contributed by atoms with van der Waals surface area (Å²) in [7, 11) is 3.77. The molecule has 4 nitrogen and oxygen atoms in total. The fraction of sp³-hybridized carbons (Fsp3) is 0.364. The Bertz CT molecular complexity index is 392. The molecular formula is C11H15ClN2O2. The molecule has 5 heteroatoms. The van der Waals surface area contributed by atoms with E-state index in [1.807, 2.05) is 19.0 Å². The van der Waals surface area contributed by atoms with Crippen molar-refractivity contribution in [2.45, 2.75) is 13.0 Å². The summed E-state index contributed by atoms with van der Waals surface area (Å²) >= 11 is 6.03. The maximum Gasteiger partial charge on any atom is 0.252 e. The molecule has 0 radical (unpaired) electrons. The lowest BCUT2D eigenvalue weighted by atomic mass is 10.2.